The Labute approximate surface area is 387 Å². The molecule has 0 spiro atoms. The summed E-state index contributed by atoms with van der Waals surface area (Å²) in [4.78, 5) is 0. The Morgan fingerprint density at radius 3 is 1.45 bits per heavy atom. The number of hydrogen-bond donors (Lipinski definition) is 0. The molecule has 4 heterocycles. The van der Waals surface area contributed by atoms with Gasteiger partial charge >= 0.3 is 6.85 Å². The Hall–Kier alpha value is -5.80. The fourth-order valence-electron chi connectivity index (χ4n) is 11.1. The highest BCUT2D eigenvalue weighted by atomic mass is 15.0. The first kappa shape index (κ1) is 41.9. The molecule has 2 nitrogen and oxygen atoms in total. The second-order valence-electron chi connectivity index (χ2n) is 24.8. The van der Waals surface area contributed by atoms with E-state index in [0.29, 0.717) is 0 Å². The molecular formula is C62H65BN2. The lowest BCUT2D eigenvalue weighted by Gasteiger charge is -2.36. The second-order valence-corrected chi connectivity index (χ2v) is 24.8. The zero-order valence-corrected chi connectivity index (χ0v) is 41.5. The topological polar surface area (TPSA) is 9.86 Å². The minimum Gasteiger partial charge on any atom is -0.375 e. The molecule has 0 atom stereocenters. The van der Waals surface area contributed by atoms with Gasteiger partial charge in [0.15, 0.2) is 0 Å². The maximum atomic E-state index is 2.76. The highest BCUT2D eigenvalue weighted by Gasteiger charge is 2.43. The van der Waals surface area contributed by atoms with Gasteiger partial charge in [0.05, 0.1) is 11.0 Å². The van der Waals surface area contributed by atoms with Crippen LogP contribution in [0.5, 0.6) is 0 Å². The number of aromatic nitrogens is 2. The van der Waals surface area contributed by atoms with Crippen LogP contribution in [0.1, 0.15) is 132 Å². The Morgan fingerprint density at radius 1 is 0.354 bits per heavy atom. The van der Waals surface area contributed by atoms with Crippen LogP contribution in [0.2, 0.25) is 0 Å². The highest BCUT2D eigenvalue weighted by Crippen LogP contribution is 2.48. The van der Waals surface area contributed by atoms with Gasteiger partial charge in [-0.25, -0.2) is 0 Å². The average molecular weight is 849 g/mol. The van der Waals surface area contributed by atoms with Crippen molar-refractivity contribution in [1.29, 1.82) is 0 Å². The molecule has 0 unspecified atom stereocenters. The molecule has 9 aromatic rings. The standard InChI is InChI=1S/C62H65BN2/c1-58(2,3)40-20-16-18-36(26-40)38-22-24-52-45(28-38)48-29-39(37-19-17-21-41(27-37)59(4,5)6)30-51-57(48)64(52)54-35-44(62(13,14)15)32-47-50-34-43(61(10,11)12)33-49-46-31-42(60(7,8)9)23-25-53(46)65(56(49)50)63(51)55(47)54/h16-35H,1-15H3. The molecule has 0 bridgehead atoms. The van der Waals surface area contributed by atoms with Crippen LogP contribution in [-0.4, -0.2) is 15.9 Å². The smallest absolute Gasteiger partial charge is 0.333 e. The van der Waals surface area contributed by atoms with Crippen LogP contribution in [-0.2, 0) is 27.1 Å². The molecule has 2 aromatic heterocycles. The predicted octanol–water partition coefficient (Wildman–Crippen LogP) is 15.7. The van der Waals surface area contributed by atoms with E-state index in [4.69, 9.17) is 0 Å². The zero-order chi connectivity index (χ0) is 46.1. The lowest BCUT2D eigenvalue weighted by molar-refractivity contribution is 0.589. The molecule has 0 aliphatic carbocycles. The molecule has 11 rings (SSSR count). The van der Waals surface area contributed by atoms with Crippen LogP contribution in [0.25, 0.3) is 82.7 Å². The van der Waals surface area contributed by atoms with Crippen molar-refractivity contribution in [2.75, 3.05) is 0 Å². The zero-order valence-electron chi connectivity index (χ0n) is 41.5. The summed E-state index contributed by atoms with van der Waals surface area (Å²) in [6.45, 7) is 35.2. The fraction of sp³-hybridized carbons (Fsp3) is 0.323. The number of nitrogens with zero attached hydrogens (tertiary/aromatic N) is 2. The van der Waals surface area contributed by atoms with Crippen molar-refractivity contribution in [3.05, 3.63) is 149 Å². The SMILES string of the molecule is CC(C)(C)c1cccc(-c2ccc3c(c2)c2cc(-c4cccc(C(C)(C)C)c4)cc4c2n3-c2cc(C(C)(C)C)cc3c2B4n2c4ccc(C(C)(C)C)cc4c4cc(C(C)(C)C)cc-3c42)c1. The molecule has 0 amide bonds. The molecular weight excluding hydrogens is 784 g/mol. The maximum absolute atomic E-state index is 2.76. The third-order valence-electron chi connectivity index (χ3n) is 15.0. The van der Waals surface area contributed by atoms with Gasteiger partial charge in [0.1, 0.15) is 0 Å². The lowest BCUT2D eigenvalue weighted by Crippen LogP contribution is -2.55. The predicted molar refractivity (Wildman–Crippen MR) is 284 cm³/mol. The van der Waals surface area contributed by atoms with Gasteiger partial charge in [-0.3, -0.25) is 0 Å². The van der Waals surface area contributed by atoms with Crippen molar-refractivity contribution in [1.82, 2.24) is 9.05 Å². The normalized spacial score (nSPS) is 14.0. The van der Waals surface area contributed by atoms with Crippen LogP contribution in [0.4, 0.5) is 0 Å². The fourth-order valence-corrected chi connectivity index (χ4v) is 11.1. The maximum Gasteiger partial charge on any atom is 0.333 e. The summed E-state index contributed by atoms with van der Waals surface area (Å²) in [5.41, 5.74) is 23.9. The van der Waals surface area contributed by atoms with Crippen LogP contribution < -0.4 is 10.9 Å². The summed E-state index contributed by atoms with van der Waals surface area (Å²) in [7, 11) is 0. The van der Waals surface area contributed by atoms with Gasteiger partial charge in [-0.15, -0.1) is 0 Å². The Balaban J connectivity index is 1.33. The van der Waals surface area contributed by atoms with E-state index in [1.807, 2.05) is 0 Å². The van der Waals surface area contributed by atoms with Crippen LogP contribution >= 0.6 is 0 Å². The van der Waals surface area contributed by atoms with Gasteiger partial charge < -0.3 is 9.05 Å². The molecule has 0 radical (unpaired) electrons. The molecule has 0 saturated heterocycles. The first-order valence-corrected chi connectivity index (χ1v) is 24.0. The second kappa shape index (κ2) is 13.4. The van der Waals surface area contributed by atoms with Crippen LogP contribution in [0.3, 0.4) is 0 Å². The number of hydrogen-bond acceptors (Lipinski definition) is 0. The van der Waals surface area contributed by atoms with Crippen molar-refractivity contribution >= 4 is 61.4 Å². The summed E-state index contributed by atoms with van der Waals surface area (Å²) in [6.07, 6.45) is 0. The van der Waals surface area contributed by atoms with E-state index in [0.717, 1.165) is 0 Å². The lowest BCUT2D eigenvalue weighted by atomic mass is 9.45. The van der Waals surface area contributed by atoms with Gasteiger partial charge in [-0.2, -0.15) is 0 Å². The van der Waals surface area contributed by atoms with E-state index in [-0.39, 0.29) is 33.9 Å². The monoisotopic (exact) mass is 849 g/mol. The number of benzene rings is 7. The minimum atomic E-state index is -0.0664. The van der Waals surface area contributed by atoms with Crippen LogP contribution in [0.15, 0.2) is 121 Å². The summed E-state index contributed by atoms with van der Waals surface area (Å²) in [5, 5.41) is 5.32. The summed E-state index contributed by atoms with van der Waals surface area (Å²) < 4.78 is 5.42. The van der Waals surface area contributed by atoms with Gasteiger partial charge in [0, 0.05) is 43.8 Å². The van der Waals surface area contributed by atoms with E-state index in [1.165, 1.54) is 121 Å². The Kier molecular flexibility index (Phi) is 8.64. The highest BCUT2D eigenvalue weighted by molar-refractivity contribution is 6.90. The molecule has 0 saturated carbocycles. The van der Waals surface area contributed by atoms with Crippen LogP contribution in [0, 0.1) is 0 Å². The number of fused-ring (bicyclic) bond motifs is 10. The first-order chi connectivity index (χ1) is 30.4. The van der Waals surface area contributed by atoms with Crippen molar-refractivity contribution in [3.63, 3.8) is 0 Å². The molecule has 65 heavy (non-hydrogen) atoms. The summed E-state index contributed by atoms with van der Waals surface area (Å²) in [5.74, 6) is 0. The van der Waals surface area contributed by atoms with Crippen molar-refractivity contribution in [2.24, 2.45) is 0 Å². The van der Waals surface area contributed by atoms with Gasteiger partial charge in [-0.05, 0) is 142 Å². The molecule has 0 fully saturated rings. The molecule has 2 aliphatic heterocycles. The van der Waals surface area contributed by atoms with Crippen molar-refractivity contribution in [2.45, 2.75) is 131 Å². The Bertz CT molecular complexity index is 3500. The van der Waals surface area contributed by atoms with E-state index in [2.05, 4.69) is 234 Å². The average Bonchev–Trinajstić information content (AvgIpc) is 3.74. The van der Waals surface area contributed by atoms with Gasteiger partial charge in [0.25, 0.3) is 0 Å². The third kappa shape index (κ3) is 6.35. The largest absolute Gasteiger partial charge is 0.375 e. The third-order valence-corrected chi connectivity index (χ3v) is 15.0. The number of rotatable bonds is 2. The van der Waals surface area contributed by atoms with Crippen molar-refractivity contribution in [3.8, 4) is 39.1 Å². The van der Waals surface area contributed by atoms with E-state index in [9.17, 15) is 0 Å². The van der Waals surface area contributed by atoms with E-state index >= 15 is 0 Å². The first-order valence-electron chi connectivity index (χ1n) is 24.0. The summed E-state index contributed by atoms with van der Waals surface area (Å²) >= 11 is 0. The van der Waals surface area contributed by atoms with Gasteiger partial charge in [-0.1, -0.05) is 177 Å². The molecule has 2 aliphatic rings. The van der Waals surface area contributed by atoms with E-state index < -0.39 is 0 Å². The summed E-state index contributed by atoms with van der Waals surface area (Å²) in [6, 6.07) is 48.4. The van der Waals surface area contributed by atoms with E-state index in [1.54, 1.807) is 0 Å². The minimum absolute atomic E-state index is 0.0196. The Morgan fingerprint density at radius 2 is 0.831 bits per heavy atom. The van der Waals surface area contributed by atoms with Crippen molar-refractivity contribution < 1.29 is 0 Å². The molecule has 326 valence electrons. The molecule has 7 aromatic carbocycles. The molecule has 0 N–H and O–H groups in total. The van der Waals surface area contributed by atoms with Gasteiger partial charge in [0.2, 0.25) is 0 Å². The molecule has 3 heteroatoms. The quantitative estimate of drug-likeness (QED) is 0.153.